The predicted octanol–water partition coefficient (Wildman–Crippen LogP) is 5.75. The van der Waals surface area contributed by atoms with Crippen LogP contribution >= 0.6 is 34.8 Å². The molecule has 2 aliphatic carbocycles. The summed E-state index contributed by atoms with van der Waals surface area (Å²) in [7, 11) is 0. The van der Waals surface area contributed by atoms with Crippen LogP contribution in [-0.2, 0) is 19.7 Å². The maximum absolute atomic E-state index is 15.0. The van der Waals surface area contributed by atoms with E-state index in [-0.39, 0.29) is 40.9 Å². The summed E-state index contributed by atoms with van der Waals surface area (Å²) in [4.78, 5) is 13.3. The van der Waals surface area contributed by atoms with Crippen molar-refractivity contribution in [3.63, 3.8) is 0 Å². The van der Waals surface area contributed by atoms with E-state index in [4.69, 9.17) is 44.3 Å². The number of ether oxygens (including phenoxy) is 2. The van der Waals surface area contributed by atoms with Crippen LogP contribution in [0.4, 0.5) is 26.3 Å². The summed E-state index contributed by atoms with van der Waals surface area (Å²) in [6, 6.07) is 1.79. The fraction of sp³-hybridized carbons (Fsp3) is 0.500. The number of fused-ring (bicyclic) bond motifs is 1. The summed E-state index contributed by atoms with van der Waals surface area (Å²) >= 11 is 18.0. The number of carbonyl (C=O) groups excluding carboxylic acids is 1. The molecule has 36 heavy (non-hydrogen) atoms. The fourth-order valence-electron chi connectivity index (χ4n) is 4.83. The van der Waals surface area contributed by atoms with Crippen LogP contribution in [0.25, 0.3) is 0 Å². The average Bonchev–Trinajstić information content (AvgIpc) is 3.49. The Balaban J connectivity index is 1.76. The monoisotopic (exact) mass is 576 g/mol. The molecule has 1 saturated carbocycles. The van der Waals surface area contributed by atoms with E-state index in [1.54, 1.807) is 0 Å². The molecule has 0 radical (unpaired) electrons. The molecule has 14 heteroatoms. The highest BCUT2D eigenvalue weighted by Crippen LogP contribution is 2.66. The first-order chi connectivity index (χ1) is 16.7. The lowest BCUT2D eigenvalue weighted by atomic mass is 9.63. The molecular weight excluding hydrogens is 561 g/mol. The molecule has 2 unspecified atom stereocenters. The second-order valence-corrected chi connectivity index (χ2v) is 10.2. The first-order valence-corrected chi connectivity index (χ1v) is 11.9. The van der Waals surface area contributed by atoms with E-state index < -0.39 is 58.4 Å². The number of nitrogens with zero attached hydrogens (tertiary/aromatic N) is 1. The molecule has 1 N–H and O–H groups in total. The molecule has 6 rings (SSSR count). The number of hydrogen-bond donors (Lipinski definition) is 1. The molecule has 5 nitrogen and oxygen atoms in total. The normalized spacial score (nSPS) is 28.0. The maximum Gasteiger partial charge on any atom is 0.438 e. The van der Waals surface area contributed by atoms with E-state index in [9.17, 15) is 18.0 Å². The molecule has 1 aromatic rings. The van der Waals surface area contributed by atoms with Gasteiger partial charge in [-0.25, -0.2) is 0 Å². The van der Waals surface area contributed by atoms with E-state index in [1.807, 2.05) is 0 Å². The van der Waals surface area contributed by atoms with Crippen molar-refractivity contribution in [2.45, 2.75) is 36.2 Å². The van der Waals surface area contributed by atoms with E-state index in [0.717, 1.165) is 17.0 Å². The van der Waals surface area contributed by atoms with Crippen LogP contribution in [-0.4, -0.2) is 55.2 Å². The molecule has 5 aliphatic rings. The molecule has 1 amide bonds. The zero-order valence-electron chi connectivity index (χ0n) is 18.1. The van der Waals surface area contributed by atoms with Crippen LogP contribution in [0.1, 0.15) is 18.4 Å². The minimum absolute atomic E-state index is 0.0137. The van der Waals surface area contributed by atoms with Crippen LogP contribution in [0.5, 0.6) is 0 Å². The van der Waals surface area contributed by atoms with Gasteiger partial charge in [0.25, 0.3) is 5.60 Å². The van der Waals surface area contributed by atoms with Crippen molar-refractivity contribution in [3.05, 3.63) is 55.9 Å². The van der Waals surface area contributed by atoms with Gasteiger partial charge in [-0.2, -0.15) is 26.3 Å². The van der Waals surface area contributed by atoms with Crippen molar-refractivity contribution >= 4 is 40.7 Å². The van der Waals surface area contributed by atoms with Gasteiger partial charge in [0.05, 0.1) is 21.7 Å². The Morgan fingerprint density at radius 1 is 1.08 bits per heavy atom. The van der Waals surface area contributed by atoms with Crippen molar-refractivity contribution < 1.29 is 40.6 Å². The van der Waals surface area contributed by atoms with Gasteiger partial charge in [0.15, 0.2) is 5.41 Å². The van der Waals surface area contributed by atoms with Crippen LogP contribution < -0.4 is 5.32 Å². The quantitative estimate of drug-likeness (QED) is 0.275. The fourth-order valence-corrected chi connectivity index (χ4v) is 5.42. The highest BCUT2D eigenvalue weighted by molar-refractivity contribution is 6.48. The van der Waals surface area contributed by atoms with Crippen LogP contribution in [0, 0.1) is 5.92 Å². The lowest BCUT2D eigenvalue weighted by molar-refractivity contribution is -0.285. The molecule has 0 spiro atoms. The third kappa shape index (κ3) is 3.60. The Morgan fingerprint density at radius 2 is 1.72 bits per heavy atom. The number of allylic oxidation sites excluding steroid dienone is 1. The van der Waals surface area contributed by atoms with Gasteiger partial charge in [-0.3, -0.25) is 4.79 Å². The van der Waals surface area contributed by atoms with Gasteiger partial charge in [-0.05, 0) is 30.5 Å². The Kier molecular flexibility index (Phi) is 5.98. The van der Waals surface area contributed by atoms with Crippen LogP contribution in [0.15, 0.2) is 35.2 Å². The Hall–Kier alpha value is -1.82. The highest BCUT2D eigenvalue weighted by atomic mass is 35.5. The van der Waals surface area contributed by atoms with Gasteiger partial charge in [0.1, 0.15) is 18.2 Å². The Morgan fingerprint density at radius 3 is 2.22 bits per heavy atom. The summed E-state index contributed by atoms with van der Waals surface area (Å²) in [5.41, 5.74) is -8.47. The van der Waals surface area contributed by atoms with E-state index in [2.05, 4.69) is 5.32 Å². The van der Waals surface area contributed by atoms with E-state index in [0.29, 0.717) is 18.9 Å². The highest BCUT2D eigenvalue weighted by Gasteiger charge is 2.78. The maximum atomic E-state index is 15.0. The second-order valence-electron chi connectivity index (χ2n) is 8.98. The van der Waals surface area contributed by atoms with Crippen molar-refractivity contribution in [2.24, 2.45) is 5.92 Å². The second kappa shape index (κ2) is 8.34. The summed E-state index contributed by atoms with van der Waals surface area (Å²) in [5.74, 6) is -1.87. The van der Waals surface area contributed by atoms with Gasteiger partial charge in [0.2, 0.25) is 5.91 Å². The molecule has 2 atom stereocenters. The third-order valence-corrected chi connectivity index (χ3v) is 7.96. The van der Waals surface area contributed by atoms with E-state index >= 15 is 13.2 Å². The molecule has 3 heterocycles. The van der Waals surface area contributed by atoms with Crippen molar-refractivity contribution in [1.82, 2.24) is 10.2 Å². The lowest BCUT2D eigenvalue weighted by Crippen LogP contribution is -2.69. The van der Waals surface area contributed by atoms with Gasteiger partial charge in [0, 0.05) is 24.6 Å². The smallest absolute Gasteiger partial charge is 0.438 e. The number of rotatable bonds is 5. The Labute approximate surface area is 215 Å². The predicted molar refractivity (Wildman–Crippen MR) is 117 cm³/mol. The van der Waals surface area contributed by atoms with E-state index in [1.165, 1.54) is 0 Å². The van der Waals surface area contributed by atoms with Crippen LogP contribution in [0.2, 0.25) is 15.1 Å². The number of alkyl halides is 6. The minimum atomic E-state index is -5.20. The summed E-state index contributed by atoms with van der Waals surface area (Å²) < 4.78 is 99.3. The zero-order chi connectivity index (χ0) is 26.3. The molecule has 2 bridgehead atoms. The first-order valence-electron chi connectivity index (χ1n) is 10.8. The summed E-state index contributed by atoms with van der Waals surface area (Å²) in [5, 5.41) is 1.50. The molecule has 1 aromatic carbocycles. The first kappa shape index (κ1) is 25.8. The number of nitrogens with one attached hydrogen (secondary N) is 1. The number of hydrogen-bond acceptors (Lipinski definition) is 4. The Bertz CT molecular complexity index is 1170. The number of halogens is 9. The van der Waals surface area contributed by atoms with Gasteiger partial charge in [-0.15, -0.1) is 0 Å². The van der Waals surface area contributed by atoms with Gasteiger partial charge < -0.3 is 19.7 Å². The molecule has 2 fully saturated rings. The van der Waals surface area contributed by atoms with Crippen molar-refractivity contribution in [3.8, 4) is 0 Å². The van der Waals surface area contributed by atoms with Crippen molar-refractivity contribution in [1.29, 1.82) is 0 Å². The molecule has 1 saturated heterocycles. The topological polar surface area (TPSA) is 50.8 Å². The number of benzene rings is 1. The van der Waals surface area contributed by atoms with Crippen LogP contribution in [0.3, 0.4) is 0 Å². The molecular formula is C22H17Cl3F6N2O3. The van der Waals surface area contributed by atoms with Gasteiger partial charge >= 0.3 is 12.4 Å². The molecule has 0 aromatic heterocycles. The zero-order valence-corrected chi connectivity index (χ0v) is 20.4. The largest absolute Gasteiger partial charge is 0.467 e. The minimum Gasteiger partial charge on any atom is -0.467 e. The van der Waals surface area contributed by atoms with Gasteiger partial charge in [-0.1, -0.05) is 40.9 Å². The average molecular weight is 578 g/mol. The molecule has 3 aliphatic heterocycles. The standard InChI is InChI=1S/C22H17Cl3F6N2O3/c23-13-5-11(6-14(24)15(13)25)19(21(26,27)28)7-12(8-32-18(34)10-1-2-10)20(22(29,30)31)16(17(19)36-20)33-3-4-35-9-33/h5-7,10H,1-4,8-9H2,(H,32,34). The third-order valence-electron chi connectivity index (χ3n) is 6.76. The molecule has 196 valence electrons. The number of carbonyl (C=O) groups is 1. The van der Waals surface area contributed by atoms with Crippen molar-refractivity contribution in [2.75, 3.05) is 26.4 Å². The summed E-state index contributed by atoms with van der Waals surface area (Å²) in [6.07, 6.45) is -8.76. The number of amides is 1. The summed E-state index contributed by atoms with van der Waals surface area (Å²) in [6.45, 7) is -1.25. The lowest BCUT2D eigenvalue weighted by Gasteiger charge is -2.58. The SMILES string of the molecule is O=C(NCC1=CC(c2cc(Cl)c(Cl)c(Cl)c2)(C(F)(F)F)C2=C(N3CCOC3)C1(C(F)(F)F)O2)C1CC1.